The van der Waals surface area contributed by atoms with E-state index in [0.29, 0.717) is 12.5 Å². The summed E-state index contributed by atoms with van der Waals surface area (Å²) in [6.45, 7) is 5.85. The minimum Gasteiger partial charge on any atom is -0.369 e. The molecule has 2 aromatic carbocycles. The Balaban J connectivity index is 1.83. The maximum absolute atomic E-state index is 4.64. The minimum absolute atomic E-state index is 0.655. The van der Waals surface area contributed by atoms with Crippen LogP contribution in [0.25, 0.3) is 10.9 Å². The van der Waals surface area contributed by atoms with E-state index >= 15 is 0 Å². The molecule has 3 aromatic rings. The number of benzene rings is 2. The Labute approximate surface area is 137 Å². The predicted octanol–water partition coefficient (Wildman–Crippen LogP) is 4.37. The molecule has 0 fully saturated rings. The Morgan fingerprint density at radius 1 is 0.913 bits per heavy atom. The number of rotatable bonds is 6. The maximum Gasteiger partial charge on any atom is 0.225 e. The van der Waals surface area contributed by atoms with Gasteiger partial charge in [-0.15, -0.1) is 0 Å². The number of fused-ring (bicyclic) bond motifs is 1. The molecule has 0 saturated heterocycles. The summed E-state index contributed by atoms with van der Waals surface area (Å²) in [6, 6.07) is 16.6. The van der Waals surface area contributed by atoms with E-state index in [1.807, 2.05) is 18.2 Å². The van der Waals surface area contributed by atoms with Gasteiger partial charge < -0.3 is 10.6 Å². The first kappa shape index (κ1) is 15.3. The summed E-state index contributed by atoms with van der Waals surface area (Å²) in [5.74, 6) is 1.55. The summed E-state index contributed by atoms with van der Waals surface area (Å²) in [5.41, 5.74) is 3.43. The highest BCUT2D eigenvalue weighted by molar-refractivity contribution is 5.89. The van der Waals surface area contributed by atoms with Crippen LogP contribution in [0.1, 0.15) is 24.5 Å². The topological polar surface area (TPSA) is 49.8 Å². The minimum atomic E-state index is 0.655. The van der Waals surface area contributed by atoms with Crippen molar-refractivity contribution in [3.8, 4) is 0 Å². The lowest BCUT2D eigenvalue weighted by Crippen LogP contribution is -2.08. The summed E-state index contributed by atoms with van der Waals surface area (Å²) >= 11 is 0. The van der Waals surface area contributed by atoms with Crippen LogP contribution in [0.4, 0.5) is 11.8 Å². The fourth-order valence-electron chi connectivity index (χ4n) is 2.42. The van der Waals surface area contributed by atoms with Gasteiger partial charge in [0.05, 0.1) is 5.52 Å². The van der Waals surface area contributed by atoms with Gasteiger partial charge in [-0.25, -0.2) is 4.98 Å². The van der Waals surface area contributed by atoms with Gasteiger partial charge in [-0.2, -0.15) is 4.98 Å². The van der Waals surface area contributed by atoms with Crippen LogP contribution >= 0.6 is 0 Å². The van der Waals surface area contributed by atoms with Gasteiger partial charge in [0.15, 0.2) is 0 Å². The van der Waals surface area contributed by atoms with E-state index in [0.717, 1.165) is 29.7 Å². The molecule has 0 aliphatic rings. The number of nitrogens with one attached hydrogen (secondary N) is 2. The van der Waals surface area contributed by atoms with Crippen molar-refractivity contribution in [2.24, 2.45) is 0 Å². The van der Waals surface area contributed by atoms with Crippen LogP contribution in [0.2, 0.25) is 0 Å². The quantitative estimate of drug-likeness (QED) is 0.710. The molecule has 0 atom stereocenters. The Morgan fingerprint density at radius 3 is 2.48 bits per heavy atom. The van der Waals surface area contributed by atoms with Gasteiger partial charge in [0.25, 0.3) is 0 Å². The molecule has 1 heterocycles. The molecular weight excluding hydrogens is 284 g/mol. The van der Waals surface area contributed by atoms with E-state index in [1.165, 1.54) is 11.1 Å². The number of hydrogen-bond donors (Lipinski definition) is 2. The monoisotopic (exact) mass is 306 g/mol. The first-order valence-corrected chi connectivity index (χ1v) is 8.06. The van der Waals surface area contributed by atoms with Gasteiger partial charge in [-0.3, -0.25) is 0 Å². The number of anilines is 2. The first-order chi connectivity index (χ1) is 11.3. The molecule has 3 rings (SSSR count). The third kappa shape index (κ3) is 3.77. The summed E-state index contributed by atoms with van der Waals surface area (Å²) in [6.07, 6.45) is 1.06. The van der Waals surface area contributed by atoms with E-state index in [4.69, 9.17) is 0 Å². The second-order valence-corrected chi connectivity index (χ2v) is 5.68. The zero-order valence-electron chi connectivity index (χ0n) is 13.6. The SMILES string of the molecule is CCCNc1nc(NCc2ccc(C)cc2)nc2ccccc12. The normalized spacial score (nSPS) is 10.7. The van der Waals surface area contributed by atoms with Crippen LogP contribution < -0.4 is 10.6 Å². The molecule has 2 N–H and O–H groups in total. The molecule has 23 heavy (non-hydrogen) atoms. The van der Waals surface area contributed by atoms with Crippen LogP contribution in [0.15, 0.2) is 48.5 Å². The average Bonchev–Trinajstić information content (AvgIpc) is 2.59. The average molecular weight is 306 g/mol. The molecule has 0 bridgehead atoms. The van der Waals surface area contributed by atoms with E-state index < -0.39 is 0 Å². The van der Waals surface area contributed by atoms with Gasteiger partial charge in [0.2, 0.25) is 5.95 Å². The van der Waals surface area contributed by atoms with Crippen molar-refractivity contribution >= 4 is 22.7 Å². The summed E-state index contributed by atoms with van der Waals surface area (Å²) in [4.78, 5) is 9.25. The summed E-state index contributed by atoms with van der Waals surface area (Å²) in [5, 5.41) is 7.78. The highest BCUT2D eigenvalue weighted by Gasteiger charge is 2.06. The van der Waals surface area contributed by atoms with Crippen molar-refractivity contribution in [3.63, 3.8) is 0 Å². The summed E-state index contributed by atoms with van der Waals surface area (Å²) in [7, 11) is 0. The maximum atomic E-state index is 4.64. The van der Waals surface area contributed by atoms with Gasteiger partial charge in [0.1, 0.15) is 5.82 Å². The molecule has 118 valence electrons. The highest BCUT2D eigenvalue weighted by Crippen LogP contribution is 2.22. The molecule has 0 saturated carbocycles. The van der Waals surface area contributed by atoms with Gasteiger partial charge >= 0.3 is 0 Å². The molecule has 0 unspecified atom stereocenters. The van der Waals surface area contributed by atoms with Crippen LogP contribution in [-0.2, 0) is 6.54 Å². The van der Waals surface area contributed by atoms with Crippen molar-refractivity contribution < 1.29 is 0 Å². The van der Waals surface area contributed by atoms with Crippen molar-refractivity contribution in [1.29, 1.82) is 0 Å². The van der Waals surface area contributed by atoms with Crippen molar-refractivity contribution in [2.75, 3.05) is 17.2 Å². The fourth-order valence-corrected chi connectivity index (χ4v) is 2.42. The van der Waals surface area contributed by atoms with E-state index in [-0.39, 0.29) is 0 Å². The lowest BCUT2D eigenvalue weighted by Gasteiger charge is -2.11. The molecule has 0 aliphatic carbocycles. The van der Waals surface area contributed by atoms with Crippen molar-refractivity contribution in [1.82, 2.24) is 9.97 Å². The first-order valence-electron chi connectivity index (χ1n) is 8.06. The molecule has 0 aliphatic heterocycles. The molecule has 0 amide bonds. The second-order valence-electron chi connectivity index (χ2n) is 5.68. The molecule has 4 heteroatoms. The second kappa shape index (κ2) is 7.09. The number of hydrogen-bond acceptors (Lipinski definition) is 4. The highest BCUT2D eigenvalue weighted by atomic mass is 15.1. The van der Waals surface area contributed by atoms with Crippen LogP contribution in [0.5, 0.6) is 0 Å². The lowest BCUT2D eigenvalue weighted by atomic mass is 10.1. The third-order valence-corrected chi connectivity index (χ3v) is 3.72. The van der Waals surface area contributed by atoms with E-state index in [1.54, 1.807) is 0 Å². The molecule has 4 nitrogen and oxygen atoms in total. The van der Waals surface area contributed by atoms with Crippen LogP contribution in [-0.4, -0.2) is 16.5 Å². The zero-order valence-corrected chi connectivity index (χ0v) is 13.6. The number of para-hydroxylation sites is 1. The number of nitrogens with zero attached hydrogens (tertiary/aromatic N) is 2. The van der Waals surface area contributed by atoms with Gasteiger partial charge in [0, 0.05) is 18.5 Å². The molecule has 0 spiro atoms. The molecular formula is C19H22N4. The Kier molecular flexibility index (Phi) is 4.71. The lowest BCUT2D eigenvalue weighted by molar-refractivity contribution is 0.967. The summed E-state index contributed by atoms with van der Waals surface area (Å²) < 4.78 is 0. The van der Waals surface area contributed by atoms with Crippen LogP contribution in [0, 0.1) is 6.92 Å². The third-order valence-electron chi connectivity index (χ3n) is 3.72. The Bertz CT molecular complexity index is 781. The Morgan fingerprint density at radius 2 is 1.70 bits per heavy atom. The number of aromatic nitrogens is 2. The molecule has 0 radical (unpaired) electrons. The van der Waals surface area contributed by atoms with Crippen LogP contribution in [0.3, 0.4) is 0 Å². The predicted molar refractivity (Wildman–Crippen MR) is 96.8 cm³/mol. The van der Waals surface area contributed by atoms with Crippen molar-refractivity contribution in [3.05, 3.63) is 59.7 Å². The van der Waals surface area contributed by atoms with E-state index in [9.17, 15) is 0 Å². The van der Waals surface area contributed by atoms with Gasteiger partial charge in [-0.1, -0.05) is 48.9 Å². The standard InChI is InChI=1S/C19H22N4/c1-3-12-20-18-16-6-4-5-7-17(16)22-19(23-18)21-13-15-10-8-14(2)9-11-15/h4-11H,3,12-13H2,1-2H3,(H2,20,21,22,23). The Hall–Kier alpha value is -2.62. The van der Waals surface area contributed by atoms with Crippen molar-refractivity contribution in [2.45, 2.75) is 26.8 Å². The fraction of sp³-hybridized carbons (Fsp3) is 0.263. The zero-order chi connectivity index (χ0) is 16.1. The molecule has 1 aromatic heterocycles. The smallest absolute Gasteiger partial charge is 0.225 e. The van der Waals surface area contributed by atoms with Gasteiger partial charge in [-0.05, 0) is 31.0 Å². The van der Waals surface area contributed by atoms with E-state index in [2.05, 4.69) is 64.8 Å². The number of aryl methyl sites for hydroxylation is 1. The largest absolute Gasteiger partial charge is 0.369 e.